The van der Waals surface area contributed by atoms with Crippen molar-refractivity contribution in [3.8, 4) is 0 Å². The van der Waals surface area contributed by atoms with Crippen LogP contribution in [0, 0.1) is 5.92 Å². The Balaban J connectivity index is 1.90. The molecule has 0 radical (unpaired) electrons. The Labute approximate surface area is 89.6 Å². The van der Waals surface area contributed by atoms with Crippen LogP contribution in [0.1, 0.15) is 24.6 Å². The van der Waals surface area contributed by atoms with Crippen molar-refractivity contribution in [2.45, 2.75) is 25.8 Å². The summed E-state index contributed by atoms with van der Waals surface area (Å²) < 4.78 is 5.13. The third-order valence-corrected chi connectivity index (χ3v) is 2.88. The maximum atomic E-state index is 5.43. The third-order valence-electron chi connectivity index (χ3n) is 2.88. The fraction of sp³-hybridized carbons (Fsp3) is 0.800. The summed E-state index contributed by atoms with van der Waals surface area (Å²) in [5.41, 5.74) is 5.43. The zero-order valence-corrected chi connectivity index (χ0v) is 9.15. The molecule has 1 fully saturated rings. The molecule has 0 amide bonds. The molecular formula is C10H18N4O. The molecule has 1 atom stereocenters. The number of nitrogens with two attached hydrogens (primary N) is 1. The van der Waals surface area contributed by atoms with E-state index in [9.17, 15) is 0 Å². The Morgan fingerprint density at radius 3 is 3.13 bits per heavy atom. The lowest BCUT2D eigenvalue weighted by Gasteiger charge is -2.28. The molecule has 2 heterocycles. The largest absolute Gasteiger partial charge is 0.339 e. The van der Waals surface area contributed by atoms with E-state index in [-0.39, 0.29) is 0 Å². The van der Waals surface area contributed by atoms with Gasteiger partial charge in [-0.25, -0.2) is 0 Å². The van der Waals surface area contributed by atoms with Crippen molar-refractivity contribution in [1.82, 2.24) is 15.0 Å². The molecule has 1 aromatic heterocycles. The highest BCUT2D eigenvalue weighted by atomic mass is 16.5. The monoisotopic (exact) mass is 210 g/mol. The molecule has 1 aliphatic rings. The molecule has 0 spiro atoms. The second-order valence-corrected chi connectivity index (χ2v) is 4.28. The van der Waals surface area contributed by atoms with Gasteiger partial charge in [-0.1, -0.05) is 5.16 Å². The molecule has 0 saturated carbocycles. The number of hydrogen-bond acceptors (Lipinski definition) is 5. The highest BCUT2D eigenvalue weighted by Gasteiger charge is 2.19. The maximum absolute atomic E-state index is 5.43. The molecule has 5 nitrogen and oxygen atoms in total. The maximum Gasteiger partial charge on any atom is 0.227 e. The summed E-state index contributed by atoms with van der Waals surface area (Å²) >= 11 is 0. The number of rotatable bonds is 3. The van der Waals surface area contributed by atoms with Crippen LogP contribution in [0.4, 0.5) is 0 Å². The van der Waals surface area contributed by atoms with E-state index in [1.807, 2.05) is 0 Å². The van der Waals surface area contributed by atoms with Crippen LogP contribution >= 0.6 is 0 Å². The predicted molar refractivity (Wildman–Crippen MR) is 56.1 cm³/mol. The fourth-order valence-electron chi connectivity index (χ4n) is 2.14. The average Bonchev–Trinajstić information content (AvgIpc) is 2.65. The Morgan fingerprint density at radius 2 is 2.47 bits per heavy atom. The Kier molecular flexibility index (Phi) is 3.33. The van der Waals surface area contributed by atoms with Crippen LogP contribution in [0.15, 0.2) is 4.52 Å². The van der Waals surface area contributed by atoms with Gasteiger partial charge in [0.25, 0.3) is 0 Å². The van der Waals surface area contributed by atoms with E-state index in [4.69, 9.17) is 10.3 Å². The van der Waals surface area contributed by atoms with E-state index < -0.39 is 0 Å². The van der Waals surface area contributed by atoms with Crippen LogP contribution in [-0.4, -0.2) is 35.2 Å². The van der Waals surface area contributed by atoms with Gasteiger partial charge < -0.3 is 15.2 Å². The molecule has 0 aromatic carbocycles. The number of piperidine rings is 1. The quantitative estimate of drug-likeness (QED) is 0.782. The minimum Gasteiger partial charge on any atom is -0.339 e. The van der Waals surface area contributed by atoms with Crippen LogP contribution < -0.4 is 5.73 Å². The third kappa shape index (κ3) is 2.76. The van der Waals surface area contributed by atoms with E-state index in [1.165, 1.54) is 19.4 Å². The summed E-state index contributed by atoms with van der Waals surface area (Å²) in [7, 11) is 2.16. The summed E-state index contributed by atoms with van der Waals surface area (Å²) in [4.78, 5) is 6.58. The first-order chi connectivity index (χ1) is 7.28. The number of nitrogens with zero attached hydrogens (tertiary/aromatic N) is 3. The standard InChI is InChI=1S/C10H18N4O/c1-14-4-2-3-8(7-14)5-10-12-9(6-11)13-15-10/h8H,2-7,11H2,1H3. The molecular weight excluding hydrogens is 192 g/mol. The molecule has 5 heteroatoms. The molecule has 1 saturated heterocycles. The number of likely N-dealkylation sites (tertiary alicyclic amines) is 1. The van der Waals surface area contributed by atoms with Crippen molar-refractivity contribution in [3.05, 3.63) is 11.7 Å². The molecule has 84 valence electrons. The SMILES string of the molecule is CN1CCCC(Cc2nc(CN)no2)C1. The summed E-state index contributed by atoms with van der Waals surface area (Å²) in [6.07, 6.45) is 3.40. The highest BCUT2D eigenvalue weighted by Crippen LogP contribution is 2.18. The molecule has 15 heavy (non-hydrogen) atoms. The lowest BCUT2D eigenvalue weighted by atomic mass is 9.95. The van der Waals surface area contributed by atoms with Gasteiger partial charge in [0, 0.05) is 13.0 Å². The molecule has 1 aliphatic heterocycles. The smallest absolute Gasteiger partial charge is 0.227 e. The first kappa shape index (κ1) is 10.6. The minimum atomic E-state index is 0.355. The lowest BCUT2D eigenvalue weighted by Crippen LogP contribution is -2.33. The van der Waals surface area contributed by atoms with Crippen LogP contribution in [0.3, 0.4) is 0 Å². The number of aromatic nitrogens is 2. The van der Waals surface area contributed by atoms with Crippen molar-refractivity contribution in [1.29, 1.82) is 0 Å². The van der Waals surface area contributed by atoms with Gasteiger partial charge in [0.2, 0.25) is 5.89 Å². The van der Waals surface area contributed by atoms with Crippen molar-refractivity contribution >= 4 is 0 Å². The first-order valence-corrected chi connectivity index (χ1v) is 5.48. The first-order valence-electron chi connectivity index (χ1n) is 5.48. The molecule has 2 N–H and O–H groups in total. The van der Waals surface area contributed by atoms with Gasteiger partial charge in [0.1, 0.15) is 0 Å². The van der Waals surface area contributed by atoms with Crippen LogP contribution in [0.2, 0.25) is 0 Å². The highest BCUT2D eigenvalue weighted by molar-refractivity contribution is 4.88. The van der Waals surface area contributed by atoms with Crippen molar-refractivity contribution in [2.24, 2.45) is 11.7 Å². The topological polar surface area (TPSA) is 68.2 Å². The second kappa shape index (κ2) is 4.72. The Bertz CT molecular complexity index is 312. The minimum absolute atomic E-state index is 0.355. The molecule has 1 aromatic rings. The van der Waals surface area contributed by atoms with Gasteiger partial charge in [0.05, 0.1) is 6.54 Å². The predicted octanol–water partition coefficient (Wildman–Crippen LogP) is 0.413. The average molecular weight is 210 g/mol. The zero-order valence-electron chi connectivity index (χ0n) is 9.15. The molecule has 1 unspecified atom stereocenters. The molecule has 0 aliphatic carbocycles. The van der Waals surface area contributed by atoms with Crippen molar-refractivity contribution in [2.75, 3.05) is 20.1 Å². The normalized spacial score (nSPS) is 23.2. The van der Waals surface area contributed by atoms with Crippen LogP contribution in [0.5, 0.6) is 0 Å². The van der Waals surface area contributed by atoms with Crippen molar-refractivity contribution < 1.29 is 4.52 Å². The van der Waals surface area contributed by atoms with E-state index >= 15 is 0 Å². The Hall–Kier alpha value is -0.940. The van der Waals surface area contributed by atoms with Gasteiger partial charge in [-0.3, -0.25) is 0 Å². The van der Waals surface area contributed by atoms with Gasteiger partial charge in [-0.2, -0.15) is 4.98 Å². The van der Waals surface area contributed by atoms with Gasteiger partial charge in [0.15, 0.2) is 5.82 Å². The van der Waals surface area contributed by atoms with Crippen molar-refractivity contribution in [3.63, 3.8) is 0 Å². The fourth-order valence-corrected chi connectivity index (χ4v) is 2.14. The zero-order chi connectivity index (χ0) is 10.7. The summed E-state index contributed by atoms with van der Waals surface area (Å²) in [6.45, 7) is 2.68. The molecule has 2 rings (SSSR count). The van der Waals surface area contributed by atoms with Crippen LogP contribution in [-0.2, 0) is 13.0 Å². The summed E-state index contributed by atoms with van der Waals surface area (Å²) in [6, 6.07) is 0. The summed E-state index contributed by atoms with van der Waals surface area (Å²) in [5.74, 6) is 1.99. The van der Waals surface area contributed by atoms with Gasteiger partial charge in [-0.15, -0.1) is 0 Å². The van der Waals surface area contributed by atoms with E-state index in [1.54, 1.807) is 0 Å². The lowest BCUT2D eigenvalue weighted by molar-refractivity contribution is 0.199. The van der Waals surface area contributed by atoms with E-state index in [0.29, 0.717) is 18.3 Å². The van der Waals surface area contributed by atoms with Crippen LogP contribution in [0.25, 0.3) is 0 Å². The Morgan fingerprint density at radius 1 is 1.60 bits per heavy atom. The van der Waals surface area contributed by atoms with E-state index in [2.05, 4.69) is 22.1 Å². The molecule has 0 bridgehead atoms. The van der Waals surface area contributed by atoms with Gasteiger partial charge in [-0.05, 0) is 32.4 Å². The number of hydrogen-bond donors (Lipinski definition) is 1. The van der Waals surface area contributed by atoms with E-state index in [0.717, 1.165) is 18.9 Å². The van der Waals surface area contributed by atoms with Gasteiger partial charge >= 0.3 is 0 Å². The summed E-state index contributed by atoms with van der Waals surface area (Å²) in [5, 5.41) is 3.79. The second-order valence-electron chi connectivity index (χ2n) is 4.28.